The van der Waals surface area contributed by atoms with Crippen LogP contribution in [0.25, 0.3) is 0 Å². The molecule has 0 aliphatic heterocycles. The average molecular weight is 509 g/mol. The van der Waals surface area contributed by atoms with Crippen LogP contribution >= 0.6 is 0 Å². The van der Waals surface area contributed by atoms with Crippen molar-refractivity contribution in [3.63, 3.8) is 0 Å². The van der Waals surface area contributed by atoms with E-state index in [9.17, 15) is 13.2 Å². The lowest BCUT2D eigenvalue weighted by Gasteiger charge is -2.22. The Morgan fingerprint density at radius 3 is 2.19 bits per heavy atom. The fourth-order valence-electron chi connectivity index (χ4n) is 3.28. The summed E-state index contributed by atoms with van der Waals surface area (Å²) < 4.78 is 32.1. The van der Waals surface area contributed by atoms with Gasteiger partial charge < -0.3 is 21.5 Å². The number of benzene rings is 3. The molecule has 3 aromatic carbocycles. The van der Waals surface area contributed by atoms with Gasteiger partial charge in [-0.1, -0.05) is 36.4 Å². The summed E-state index contributed by atoms with van der Waals surface area (Å²) in [6.45, 7) is 1.66. The first-order chi connectivity index (χ1) is 17.0. The second kappa shape index (κ2) is 10.9. The third-order valence-electron chi connectivity index (χ3n) is 5.43. The molecule has 0 fully saturated rings. The van der Waals surface area contributed by atoms with Gasteiger partial charge in [-0.3, -0.25) is 19.9 Å². The zero-order chi connectivity index (χ0) is 26.5. The monoisotopic (exact) mass is 508 g/mol. The maximum atomic E-state index is 12.8. The highest BCUT2D eigenvalue weighted by molar-refractivity contribution is 7.92. The number of carbonyl (C=O) groups excluding carboxylic acids is 1. The molecule has 0 heterocycles. The quantitative estimate of drug-likeness (QED) is 0.208. The molecule has 1 amide bonds. The third kappa shape index (κ3) is 6.19. The second-order valence-corrected chi connectivity index (χ2v) is 10.2. The van der Waals surface area contributed by atoms with Crippen LogP contribution in [0.1, 0.15) is 34.0 Å². The van der Waals surface area contributed by atoms with Gasteiger partial charge in [-0.05, 0) is 36.8 Å². The van der Waals surface area contributed by atoms with E-state index in [1.807, 2.05) is 0 Å². The molecule has 11 heteroatoms. The van der Waals surface area contributed by atoms with Crippen LogP contribution in [0.4, 0.5) is 11.4 Å². The van der Waals surface area contributed by atoms with Gasteiger partial charge in [-0.2, -0.15) is 0 Å². The van der Waals surface area contributed by atoms with E-state index in [2.05, 4.69) is 5.32 Å². The fraction of sp³-hybridized carbons (Fsp3) is 0.160. The van der Waals surface area contributed by atoms with Gasteiger partial charge >= 0.3 is 0 Å². The number of amidine groups is 2. The third-order valence-corrected chi connectivity index (χ3v) is 7.19. The standard InChI is InChI=1S/C25H28N6O4S/c1-3-36(33,34)31(2)21-12-11-20(30-25(32)19-6-4-5-18(13-19)24(28)29)14-22(21)35-15-16-7-9-17(10-8-16)23(26)27/h4-14H,3,15H2,1-2H3,(H3,26,27)(H3,28,29)(H,30,32). The Bertz CT molecular complexity index is 1400. The summed E-state index contributed by atoms with van der Waals surface area (Å²) >= 11 is 0. The number of rotatable bonds is 10. The molecule has 0 aromatic heterocycles. The Morgan fingerprint density at radius 2 is 1.58 bits per heavy atom. The molecule has 0 bridgehead atoms. The van der Waals surface area contributed by atoms with Crippen molar-refractivity contribution in [3.8, 4) is 5.75 Å². The highest BCUT2D eigenvalue weighted by Gasteiger charge is 2.21. The van der Waals surface area contributed by atoms with Crippen molar-refractivity contribution in [3.05, 3.63) is 89.0 Å². The highest BCUT2D eigenvalue weighted by Crippen LogP contribution is 2.33. The van der Waals surface area contributed by atoms with Gasteiger partial charge in [-0.15, -0.1) is 0 Å². The van der Waals surface area contributed by atoms with E-state index in [-0.39, 0.29) is 29.8 Å². The minimum Gasteiger partial charge on any atom is -0.487 e. The van der Waals surface area contributed by atoms with E-state index in [1.54, 1.807) is 67.6 Å². The highest BCUT2D eigenvalue weighted by atomic mass is 32.2. The minimum atomic E-state index is -3.57. The Kier molecular flexibility index (Phi) is 7.95. The van der Waals surface area contributed by atoms with Crippen LogP contribution in [0, 0.1) is 10.8 Å². The van der Waals surface area contributed by atoms with Crippen LogP contribution in [-0.2, 0) is 16.6 Å². The van der Waals surface area contributed by atoms with Crippen LogP contribution in [-0.4, -0.2) is 38.8 Å². The van der Waals surface area contributed by atoms with Gasteiger partial charge in [0.2, 0.25) is 10.0 Å². The first-order valence-electron chi connectivity index (χ1n) is 10.9. The fourth-order valence-corrected chi connectivity index (χ4v) is 4.12. The lowest BCUT2D eigenvalue weighted by atomic mass is 10.1. The molecular formula is C25H28N6O4S. The van der Waals surface area contributed by atoms with Gasteiger partial charge in [-0.25, -0.2) is 8.42 Å². The smallest absolute Gasteiger partial charge is 0.255 e. The Balaban J connectivity index is 1.90. The molecule has 0 spiro atoms. The maximum absolute atomic E-state index is 12.8. The number of nitrogen functional groups attached to an aromatic ring is 2. The lowest BCUT2D eigenvalue weighted by molar-refractivity contribution is 0.102. The number of carbonyl (C=O) groups is 1. The van der Waals surface area contributed by atoms with E-state index in [1.165, 1.54) is 13.1 Å². The first kappa shape index (κ1) is 26.2. The molecule has 0 saturated heterocycles. The number of amides is 1. The number of nitrogens with one attached hydrogen (secondary N) is 3. The topological polar surface area (TPSA) is 175 Å². The predicted molar refractivity (Wildman–Crippen MR) is 142 cm³/mol. The summed E-state index contributed by atoms with van der Waals surface area (Å²) in [5.41, 5.74) is 13.8. The van der Waals surface area contributed by atoms with E-state index >= 15 is 0 Å². The van der Waals surface area contributed by atoms with Gasteiger partial charge in [0, 0.05) is 35.5 Å². The number of nitrogens with zero attached hydrogens (tertiary/aromatic N) is 1. The minimum absolute atomic E-state index is 0.0477. The molecule has 0 saturated carbocycles. The van der Waals surface area contributed by atoms with Crippen molar-refractivity contribution < 1.29 is 17.9 Å². The molecule has 0 radical (unpaired) electrons. The normalized spacial score (nSPS) is 10.9. The van der Waals surface area contributed by atoms with Gasteiger partial charge in [0.15, 0.2) is 0 Å². The molecule has 0 aliphatic rings. The molecular weight excluding hydrogens is 480 g/mol. The summed E-state index contributed by atoms with van der Waals surface area (Å²) in [7, 11) is -2.13. The number of sulfonamides is 1. The molecule has 188 valence electrons. The van der Waals surface area contributed by atoms with E-state index in [0.29, 0.717) is 28.1 Å². The van der Waals surface area contributed by atoms with Crippen molar-refractivity contribution in [2.24, 2.45) is 11.5 Å². The van der Waals surface area contributed by atoms with Crippen LogP contribution in [0.5, 0.6) is 5.75 Å². The first-order valence-corrected chi connectivity index (χ1v) is 12.6. The molecule has 36 heavy (non-hydrogen) atoms. The molecule has 10 nitrogen and oxygen atoms in total. The molecule has 0 aliphatic carbocycles. The Morgan fingerprint density at radius 1 is 0.944 bits per heavy atom. The maximum Gasteiger partial charge on any atom is 0.255 e. The van der Waals surface area contributed by atoms with Crippen LogP contribution in [0.15, 0.2) is 66.7 Å². The second-order valence-electron chi connectivity index (χ2n) is 7.90. The summed E-state index contributed by atoms with van der Waals surface area (Å²) in [6.07, 6.45) is 0. The van der Waals surface area contributed by atoms with Crippen molar-refractivity contribution >= 4 is 39.0 Å². The number of ether oxygens (including phenoxy) is 1. The van der Waals surface area contributed by atoms with E-state index < -0.39 is 15.9 Å². The molecule has 0 unspecified atom stereocenters. The lowest BCUT2D eigenvalue weighted by Crippen LogP contribution is -2.28. The zero-order valence-corrected chi connectivity index (χ0v) is 20.7. The van der Waals surface area contributed by atoms with Crippen LogP contribution in [0.3, 0.4) is 0 Å². The van der Waals surface area contributed by atoms with E-state index in [4.69, 9.17) is 27.0 Å². The Labute approximate surface area is 209 Å². The summed E-state index contributed by atoms with van der Waals surface area (Å²) in [5, 5.41) is 17.8. The molecule has 0 atom stereocenters. The van der Waals surface area contributed by atoms with Gasteiger partial charge in [0.25, 0.3) is 5.91 Å². The number of nitrogens with two attached hydrogens (primary N) is 2. The SMILES string of the molecule is CCS(=O)(=O)N(C)c1ccc(NC(=O)c2cccc(C(=N)N)c2)cc1OCc1ccc(C(=N)N)cc1. The molecule has 3 aromatic rings. The van der Waals surface area contributed by atoms with E-state index in [0.717, 1.165) is 9.87 Å². The zero-order valence-electron chi connectivity index (χ0n) is 19.9. The molecule has 7 N–H and O–H groups in total. The summed E-state index contributed by atoms with van der Waals surface area (Å²) in [4.78, 5) is 12.8. The summed E-state index contributed by atoms with van der Waals surface area (Å²) in [6, 6.07) is 18.0. The Hall–Kier alpha value is -4.38. The predicted octanol–water partition coefficient (Wildman–Crippen LogP) is 2.87. The van der Waals surface area contributed by atoms with Crippen molar-refractivity contribution in [2.75, 3.05) is 22.4 Å². The van der Waals surface area contributed by atoms with Gasteiger partial charge in [0.1, 0.15) is 24.0 Å². The van der Waals surface area contributed by atoms with Crippen LogP contribution in [0.2, 0.25) is 0 Å². The number of anilines is 2. The largest absolute Gasteiger partial charge is 0.487 e. The average Bonchev–Trinajstić information content (AvgIpc) is 2.87. The molecule has 3 rings (SSSR count). The van der Waals surface area contributed by atoms with Crippen molar-refractivity contribution in [1.29, 1.82) is 10.8 Å². The number of hydrogen-bond donors (Lipinski definition) is 5. The van der Waals surface area contributed by atoms with Crippen LogP contribution < -0.4 is 25.8 Å². The summed E-state index contributed by atoms with van der Waals surface area (Å²) in [5.74, 6) is -0.471. The number of hydrogen-bond acceptors (Lipinski definition) is 6. The van der Waals surface area contributed by atoms with Gasteiger partial charge in [0.05, 0.1) is 11.4 Å². The van der Waals surface area contributed by atoms with Crippen molar-refractivity contribution in [2.45, 2.75) is 13.5 Å². The van der Waals surface area contributed by atoms with Crippen molar-refractivity contribution in [1.82, 2.24) is 0 Å².